The summed E-state index contributed by atoms with van der Waals surface area (Å²) in [5.74, 6) is 0.605. The minimum atomic E-state index is -4.65. The first kappa shape index (κ1) is 17.1. The van der Waals surface area contributed by atoms with Crippen molar-refractivity contribution in [3.63, 3.8) is 0 Å². The van der Waals surface area contributed by atoms with E-state index in [1.807, 2.05) is 0 Å². The van der Waals surface area contributed by atoms with Crippen LogP contribution in [0.3, 0.4) is 0 Å². The summed E-state index contributed by atoms with van der Waals surface area (Å²) in [6.45, 7) is 0. The van der Waals surface area contributed by atoms with Crippen LogP contribution in [0.25, 0.3) is 11.0 Å². The van der Waals surface area contributed by atoms with E-state index >= 15 is 0 Å². The smallest absolute Gasteiger partial charge is 0.416 e. The lowest BCUT2D eigenvalue weighted by molar-refractivity contribution is -0.388. The molecule has 0 aliphatic rings. The number of halogens is 3. The zero-order chi connectivity index (χ0) is 18.2. The number of hydrogen-bond donors (Lipinski definition) is 1. The molecule has 0 unspecified atom stereocenters. The maximum Gasteiger partial charge on any atom is 0.416 e. The van der Waals surface area contributed by atoms with E-state index in [1.54, 1.807) is 18.2 Å². The summed E-state index contributed by atoms with van der Waals surface area (Å²) in [6, 6.07) is 7.51. The van der Waals surface area contributed by atoms with Crippen molar-refractivity contribution in [1.29, 1.82) is 0 Å². The summed E-state index contributed by atoms with van der Waals surface area (Å²) >= 11 is 0.885. The molecule has 2 aromatic carbocycles. The second-order valence-corrected chi connectivity index (χ2v) is 6.00. The molecule has 0 bridgehead atoms. The molecule has 130 valence electrons. The molecule has 0 saturated carbocycles. The number of hydrogen-bond acceptors (Lipinski definition) is 5. The number of H-pyrrole nitrogens is 1. The number of imidazole rings is 1. The Bertz CT molecular complexity index is 956. The molecule has 3 aromatic rings. The highest BCUT2D eigenvalue weighted by Crippen LogP contribution is 2.39. The molecule has 6 nitrogen and oxygen atoms in total. The maximum atomic E-state index is 12.7. The molecule has 0 aliphatic heterocycles. The van der Waals surface area contributed by atoms with Crippen molar-refractivity contribution in [2.75, 3.05) is 7.11 Å². The van der Waals surface area contributed by atoms with Gasteiger partial charge in [0.05, 0.1) is 33.5 Å². The van der Waals surface area contributed by atoms with Gasteiger partial charge in [-0.25, -0.2) is 4.98 Å². The van der Waals surface area contributed by atoms with Crippen LogP contribution in [0.2, 0.25) is 0 Å². The first-order chi connectivity index (χ1) is 11.8. The third kappa shape index (κ3) is 3.53. The molecule has 1 N–H and O–H groups in total. The lowest BCUT2D eigenvalue weighted by atomic mass is 10.2. The number of methoxy groups -OCH3 is 1. The Morgan fingerprint density at radius 3 is 2.64 bits per heavy atom. The van der Waals surface area contributed by atoms with Crippen LogP contribution in [-0.2, 0) is 6.18 Å². The topological polar surface area (TPSA) is 81.1 Å². The molecular formula is C15H10F3N3O3S. The minimum absolute atomic E-state index is 0.0593. The largest absolute Gasteiger partial charge is 0.497 e. The van der Waals surface area contributed by atoms with E-state index in [9.17, 15) is 23.3 Å². The first-order valence-electron chi connectivity index (χ1n) is 6.85. The standard InChI is InChI=1S/C15H10F3N3O3S/c1-24-9-3-4-10-11(7-9)20-14(19-10)25-13-5-2-8(15(16,17)18)6-12(13)21(22)23/h2-7H,1H3,(H,19,20). The molecular weight excluding hydrogens is 359 g/mol. The Labute approximate surface area is 143 Å². The number of nitro groups is 1. The molecule has 25 heavy (non-hydrogen) atoms. The van der Waals surface area contributed by atoms with Crippen molar-refractivity contribution < 1.29 is 22.8 Å². The van der Waals surface area contributed by atoms with Crippen molar-refractivity contribution in [2.45, 2.75) is 16.2 Å². The van der Waals surface area contributed by atoms with Crippen LogP contribution < -0.4 is 4.74 Å². The second kappa shape index (κ2) is 6.28. The molecule has 0 radical (unpaired) electrons. The molecule has 1 heterocycles. The Morgan fingerprint density at radius 2 is 2.00 bits per heavy atom. The predicted molar refractivity (Wildman–Crippen MR) is 84.9 cm³/mol. The van der Waals surface area contributed by atoms with Gasteiger partial charge in [-0.15, -0.1) is 0 Å². The highest BCUT2D eigenvalue weighted by molar-refractivity contribution is 7.99. The normalized spacial score (nSPS) is 11.7. The van der Waals surface area contributed by atoms with Crippen LogP contribution >= 0.6 is 11.8 Å². The monoisotopic (exact) mass is 369 g/mol. The van der Waals surface area contributed by atoms with Crippen molar-refractivity contribution in [2.24, 2.45) is 0 Å². The van der Waals surface area contributed by atoms with Crippen LogP contribution in [0.5, 0.6) is 5.75 Å². The molecule has 0 fully saturated rings. The van der Waals surface area contributed by atoms with Gasteiger partial charge in [-0.05, 0) is 36.0 Å². The fraction of sp³-hybridized carbons (Fsp3) is 0.133. The minimum Gasteiger partial charge on any atom is -0.497 e. The molecule has 0 amide bonds. The van der Waals surface area contributed by atoms with E-state index < -0.39 is 22.4 Å². The van der Waals surface area contributed by atoms with Gasteiger partial charge in [0.25, 0.3) is 5.69 Å². The van der Waals surface area contributed by atoms with Gasteiger partial charge in [0.15, 0.2) is 5.16 Å². The van der Waals surface area contributed by atoms with Crippen LogP contribution in [0.4, 0.5) is 18.9 Å². The van der Waals surface area contributed by atoms with E-state index in [2.05, 4.69) is 9.97 Å². The Balaban J connectivity index is 1.98. The van der Waals surface area contributed by atoms with Crippen molar-refractivity contribution in [3.8, 4) is 5.75 Å². The summed E-state index contributed by atoms with van der Waals surface area (Å²) in [6.07, 6.45) is -4.65. The predicted octanol–water partition coefficient (Wildman–Crippen LogP) is 4.65. The molecule has 1 aromatic heterocycles. The van der Waals surface area contributed by atoms with Gasteiger partial charge in [-0.1, -0.05) is 0 Å². The number of ether oxygens (including phenoxy) is 1. The van der Waals surface area contributed by atoms with Crippen LogP contribution in [0.1, 0.15) is 5.56 Å². The average molecular weight is 369 g/mol. The second-order valence-electron chi connectivity index (χ2n) is 4.96. The number of benzene rings is 2. The summed E-state index contributed by atoms with van der Waals surface area (Å²) in [5, 5.41) is 11.4. The quantitative estimate of drug-likeness (QED) is 0.535. The third-order valence-corrected chi connectivity index (χ3v) is 4.31. The molecule has 10 heteroatoms. The number of fused-ring (bicyclic) bond motifs is 1. The molecule has 0 spiro atoms. The number of aromatic amines is 1. The van der Waals surface area contributed by atoms with Gasteiger partial charge in [0.2, 0.25) is 0 Å². The fourth-order valence-electron chi connectivity index (χ4n) is 2.17. The first-order valence-corrected chi connectivity index (χ1v) is 7.67. The van der Waals surface area contributed by atoms with Gasteiger partial charge in [0, 0.05) is 12.1 Å². The molecule has 3 rings (SSSR count). The van der Waals surface area contributed by atoms with Crippen LogP contribution in [0.15, 0.2) is 46.5 Å². The van der Waals surface area contributed by atoms with Crippen LogP contribution in [0, 0.1) is 10.1 Å². The Morgan fingerprint density at radius 1 is 1.24 bits per heavy atom. The molecule has 0 saturated heterocycles. The third-order valence-electron chi connectivity index (χ3n) is 3.36. The summed E-state index contributed by atoms with van der Waals surface area (Å²) in [5.41, 5.74) is -0.440. The molecule has 0 atom stereocenters. The van der Waals surface area contributed by atoms with Crippen molar-refractivity contribution in [1.82, 2.24) is 9.97 Å². The SMILES string of the molecule is COc1ccc2nc(Sc3ccc(C(F)(F)F)cc3[N+](=O)[O-])[nH]c2c1. The van der Waals surface area contributed by atoms with Gasteiger partial charge in [-0.2, -0.15) is 13.2 Å². The van der Waals surface area contributed by atoms with E-state index in [4.69, 9.17) is 4.74 Å². The van der Waals surface area contributed by atoms with Crippen LogP contribution in [-0.4, -0.2) is 22.0 Å². The number of nitro benzene ring substituents is 1. The summed E-state index contributed by atoms with van der Waals surface area (Å²) in [4.78, 5) is 17.6. The van der Waals surface area contributed by atoms with E-state index in [0.29, 0.717) is 28.0 Å². The van der Waals surface area contributed by atoms with E-state index in [-0.39, 0.29) is 4.90 Å². The number of aromatic nitrogens is 2. The maximum absolute atomic E-state index is 12.7. The average Bonchev–Trinajstić information content (AvgIpc) is 2.95. The lowest BCUT2D eigenvalue weighted by Crippen LogP contribution is -2.05. The van der Waals surface area contributed by atoms with Crippen molar-refractivity contribution in [3.05, 3.63) is 52.1 Å². The summed E-state index contributed by atoms with van der Waals surface area (Å²) in [7, 11) is 1.51. The van der Waals surface area contributed by atoms with Gasteiger partial charge < -0.3 is 9.72 Å². The zero-order valence-electron chi connectivity index (χ0n) is 12.6. The number of nitrogens with zero attached hydrogens (tertiary/aromatic N) is 2. The Kier molecular flexibility index (Phi) is 4.29. The lowest BCUT2D eigenvalue weighted by Gasteiger charge is -2.07. The fourth-order valence-corrected chi connectivity index (χ4v) is 3.05. The Hall–Kier alpha value is -2.75. The van der Waals surface area contributed by atoms with Gasteiger partial charge in [0.1, 0.15) is 5.75 Å². The summed E-state index contributed by atoms with van der Waals surface area (Å²) < 4.78 is 43.3. The van der Waals surface area contributed by atoms with E-state index in [0.717, 1.165) is 23.9 Å². The van der Waals surface area contributed by atoms with Crippen molar-refractivity contribution >= 4 is 28.5 Å². The van der Waals surface area contributed by atoms with Gasteiger partial charge in [-0.3, -0.25) is 10.1 Å². The molecule has 0 aliphatic carbocycles. The van der Waals surface area contributed by atoms with E-state index in [1.165, 1.54) is 7.11 Å². The number of alkyl halides is 3. The highest BCUT2D eigenvalue weighted by atomic mass is 32.2. The zero-order valence-corrected chi connectivity index (χ0v) is 13.4. The number of rotatable bonds is 4. The highest BCUT2D eigenvalue weighted by Gasteiger charge is 2.33. The number of nitrogens with one attached hydrogen (secondary N) is 1. The van der Waals surface area contributed by atoms with Gasteiger partial charge >= 0.3 is 6.18 Å².